The molecule has 4 nitrogen and oxygen atoms in total. The van der Waals surface area contributed by atoms with Crippen molar-refractivity contribution >= 4 is 29.9 Å². The number of guanidine groups is 1. The number of aliphatic imine (C=N–C) groups is 1. The van der Waals surface area contributed by atoms with E-state index in [-0.39, 0.29) is 24.0 Å². The molecular weight excluding hydrogens is 401 g/mol. The Morgan fingerprint density at radius 3 is 2.61 bits per heavy atom. The topological polar surface area (TPSA) is 36.9 Å². The number of piperidine rings is 1. The van der Waals surface area contributed by atoms with E-state index in [1.165, 1.54) is 44.5 Å². The summed E-state index contributed by atoms with van der Waals surface area (Å²) in [6.45, 7) is 8.69. The molecule has 1 N–H and O–H groups in total. The predicted molar refractivity (Wildman–Crippen MR) is 104 cm³/mol. The van der Waals surface area contributed by atoms with E-state index in [9.17, 15) is 0 Å². The van der Waals surface area contributed by atoms with Gasteiger partial charge < -0.3 is 15.0 Å². The van der Waals surface area contributed by atoms with Crippen molar-refractivity contribution < 1.29 is 4.74 Å². The van der Waals surface area contributed by atoms with Crippen molar-refractivity contribution in [1.29, 1.82) is 0 Å². The number of halogens is 1. The van der Waals surface area contributed by atoms with Crippen molar-refractivity contribution in [3.63, 3.8) is 0 Å². The van der Waals surface area contributed by atoms with Gasteiger partial charge >= 0.3 is 0 Å². The Hall–Kier alpha value is -0.0400. The minimum Gasteiger partial charge on any atom is -0.377 e. The maximum atomic E-state index is 6.05. The van der Waals surface area contributed by atoms with E-state index < -0.39 is 0 Å². The van der Waals surface area contributed by atoms with Crippen molar-refractivity contribution in [3.8, 4) is 0 Å². The summed E-state index contributed by atoms with van der Waals surface area (Å²) in [6.07, 6.45) is 8.46. The molecule has 23 heavy (non-hydrogen) atoms. The fraction of sp³-hybridized carbons (Fsp3) is 0.944. The molecule has 4 fully saturated rings. The van der Waals surface area contributed by atoms with Crippen molar-refractivity contribution in [1.82, 2.24) is 10.2 Å². The number of nitrogens with one attached hydrogen (secondary N) is 1. The van der Waals surface area contributed by atoms with Gasteiger partial charge in [0.2, 0.25) is 0 Å². The molecule has 0 bridgehead atoms. The molecule has 2 saturated carbocycles. The molecule has 1 spiro atoms. The Morgan fingerprint density at radius 1 is 1.26 bits per heavy atom. The van der Waals surface area contributed by atoms with Crippen LogP contribution in [0.1, 0.15) is 52.4 Å². The third kappa shape index (κ3) is 2.90. The minimum atomic E-state index is 0. The fourth-order valence-corrected chi connectivity index (χ4v) is 5.20. The average molecular weight is 433 g/mol. The second kappa shape index (κ2) is 7.06. The monoisotopic (exact) mass is 433 g/mol. The molecule has 4 aliphatic rings. The molecule has 0 aromatic rings. The van der Waals surface area contributed by atoms with Crippen molar-refractivity contribution in [2.24, 2.45) is 22.2 Å². The third-order valence-corrected chi connectivity index (χ3v) is 6.71. The number of likely N-dealkylation sites (tertiary alicyclic amines) is 1. The molecule has 3 atom stereocenters. The smallest absolute Gasteiger partial charge is 0.194 e. The van der Waals surface area contributed by atoms with Gasteiger partial charge in [-0.25, -0.2) is 0 Å². The maximum Gasteiger partial charge on any atom is 0.194 e. The largest absolute Gasteiger partial charge is 0.377 e. The van der Waals surface area contributed by atoms with Crippen LogP contribution in [-0.2, 0) is 4.74 Å². The van der Waals surface area contributed by atoms with Gasteiger partial charge in [-0.2, -0.15) is 0 Å². The lowest BCUT2D eigenvalue weighted by Crippen LogP contribution is -2.72. The summed E-state index contributed by atoms with van der Waals surface area (Å²) in [5.41, 5.74) is 0.443. The fourth-order valence-electron chi connectivity index (χ4n) is 5.20. The summed E-state index contributed by atoms with van der Waals surface area (Å²) < 4.78 is 6.05. The van der Waals surface area contributed by atoms with Crippen molar-refractivity contribution in [3.05, 3.63) is 0 Å². The zero-order valence-electron chi connectivity index (χ0n) is 14.6. The van der Waals surface area contributed by atoms with E-state index in [0.717, 1.165) is 38.1 Å². The van der Waals surface area contributed by atoms with Crippen LogP contribution in [0.5, 0.6) is 0 Å². The van der Waals surface area contributed by atoms with Gasteiger partial charge in [0.05, 0.1) is 6.10 Å². The second-order valence-corrected chi connectivity index (χ2v) is 7.92. The number of nitrogens with zero attached hydrogens (tertiary/aromatic N) is 2. The maximum absolute atomic E-state index is 6.05. The number of fused-ring (bicyclic) bond motifs is 2. The Bertz CT molecular complexity index is 444. The number of hydrogen-bond acceptors (Lipinski definition) is 2. The van der Waals surface area contributed by atoms with E-state index in [2.05, 4.69) is 24.1 Å². The Labute approximate surface area is 157 Å². The lowest BCUT2D eigenvalue weighted by atomic mass is 9.46. The van der Waals surface area contributed by atoms with Crippen molar-refractivity contribution in [2.45, 2.75) is 64.5 Å². The first-order valence-electron chi connectivity index (χ1n) is 9.42. The molecule has 3 unspecified atom stereocenters. The van der Waals surface area contributed by atoms with Crippen LogP contribution in [0.25, 0.3) is 0 Å². The first-order chi connectivity index (χ1) is 10.7. The molecule has 2 aliphatic heterocycles. The molecule has 0 radical (unpaired) electrons. The molecule has 132 valence electrons. The summed E-state index contributed by atoms with van der Waals surface area (Å²) in [4.78, 5) is 7.32. The molecule has 5 heteroatoms. The lowest BCUT2D eigenvalue weighted by molar-refractivity contribution is -0.171. The Balaban J connectivity index is 0.00000156. The van der Waals surface area contributed by atoms with Gasteiger partial charge in [-0.1, -0.05) is 13.3 Å². The molecule has 2 saturated heterocycles. The molecule has 2 heterocycles. The van der Waals surface area contributed by atoms with Crippen LogP contribution < -0.4 is 5.32 Å². The van der Waals surface area contributed by atoms with Crippen LogP contribution in [0, 0.1) is 17.3 Å². The molecular formula is C18H32IN3O. The number of hydrogen-bond donors (Lipinski definition) is 1. The lowest BCUT2D eigenvalue weighted by Gasteiger charge is -2.63. The molecule has 0 amide bonds. The van der Waals surface area contributed by atoms with Gasteiger partial charge in [-0.05, 0) is 44.9 Å². The van der Waals surface area contributed by atoms with Gasteiger partial charge in [-0.15, -0.1) is 24.0 Å². The molecule has 0 aromatic heterocycles. The summed E-state index contributed by atoms with van der Waals surface area (Å²) in [7, 11) is 0. The highest BCUT2D eigenvalue weighted by atomic mass is 127. The summed E-state index contributed by atoms with van der Waals surface area (Å²) >= 11 is 0. The number of rotatable bonds is 2. The highest BCUT2D eigenvalue weighted by molar-refractivity contribution is 14.0. The summed E-state index contributed by atoms with van der Waals surface area (Å²) in [5, 5.41) is 3.90. The first-order valence-corrected chi connectivity index (χ1v) is 9.42. The molecule has 0 aromatic carbocycles. The number of ether oxygens (including phenoxy) is 1. The van der Waals surface area contributed by atoms with Gasteiger partial charge in [0.15, 0.2) is 5.96 Å². The average Bonchev–Trinajstić information content (AvgIpc) is 2.88. The standard InChI is InChI=1S/C18H31N3O.HI/c1-3-19-17(21-10-5-13(2)6-11-21)20-15-14-7-12-22-16(14)18(15)8-4-9-18;/h13-16H,3-12H2,1-2H3,(H,19,20);1H. The van der Waals surface area contributed by atoms with Crippen molar-refractivity contribution in [2.75, 3.05) is 26.2 Å². The highest BCUT2D eigenvalue weighted by Crippen LogP contribution is 2.62. The van der Waals surface area contributed by atoms with Crippen LogP contribution in [0.3, 0.4) is 0 Å². The van der Waals surface area contributed by atoms with Gasteiger partial charge in [0.25, 0.3) is 0 Å². The normalized spacial score (nSPS) is 36.0. The minimum absolute atomic E-state index is 0. The van der Waals surface area contributed by atoms with Gasteiger partial charge in [0.1, 0.15) is 0 Å². The second-order valence-electron chi connectivity index (χ2n) is 7.92. The highest BCUT2D eigenvalue weighted by Gasteiger charge is 2.66. The van der Waals surface area contributed by atoms with Gasteiger partial charge in [0, 0.05) is 43.6 Å². The van der Waals surface area contributed by atoms with E-state index >= 15 is 0 Å². The first kappa shape index (κ1) is 17.8. The van der Waals surface area contributed by atoms with Gasteiger partial charge in [-0.3, -0.25) is 4.99 Å². The van der Waals surface area contributed by atoms with E-state index in [0.29, 0.717) is 17.6 Å². The Morgan fingerprint density at radius 2 is 2.00 bits per heavy atom. The van der Waals surface area contributed by atoms with Crippen LogP contribution >= 0.6 is 24.0 Å². The zero-order valence-corrected chi connectivity index (χ0v) is 16.9. The summed E-state index contributed by atoms with van der Waals surface area (Å²) in [5.74, 6) is 2.77. The quantitative estimate of drug-likeness (QED) is 0.413. The van der Waals surface area contributed by atoms with Crippen LogP contribution in [0.2, 0.25) is 0 Å². The summed E-state index contributed by atoms with van der Waals surface area (Å²) in [6, 6.07) is 0.610. The zero-order chi connectivity index (χ0) is 15.2. The van der Waals surface area contributed by atoms with E-state index in [4.69, 9.17) is 9.73 Å². The Kier molecular flexibility index (Phi) is 5.46. The van der Waals surface area contributed by atoms with E-state index in [1.807, 2.05) is 0 Å². The third-order valence-electron chi connectivity index (χ3n) is 6.71. The van der Waals surface area contributed by atoms with Crippen LogP contribution in [0.4, 0.5) is 0 Å². The molecule has 4 rings (SSSR count). The van der Waals surface area contributed by atoms with Crippen LogP contribution in [-0.4, -0.2) is 49.2 Å². The van der Waals surface area contributed by atoms with E-state index in [1.54, 1.807) is 0 Å². The predicted octanol–water partition coefficient (Wildman–Crippen LogP) is 3.26. The SMILES string of the molecule is CCN=C(NC1C2CCOC2C12CCC2)N1CCC(C)CC1.I. The molecule has 2 aliphatic carbocycles. The van der Waals surface area contributed by atoms with Crippen LogP contribution in [0.15, 0.2) is 4.99 Å².